The van der Waals surface area contributed by atoms with Gasteiger partial charge >= 0.3 is 0 Å². The molecule has 0 spiro atoms. The molecule has 12 rings (SSSR count). The second-order valence-corrected chi connectivity index (χ2v) is 15.0. The fourth-order valence-corrected chi connectivity index (χ4v) is 9.53. The lowest BCUT2D eigenvalue weighted by Gasteiger charge is -2.13. The largest absolute Gasteiger partial charge is 0.456 e. The van der Waals surface area contributed by atoms with Gasteiger partial charge in [-0.3, -0.25) is 0 Å². The molecule has 3 aliphatic rings. The number of nitrogens with zero attached hydrogens (tertiary/aromatic N) is 2. The Morgan fingerprint density at radius 2 is 1.02 bits per heavy atom. The molecular formula is C49H36N2O2. The van der Waals surface area contributed by atoms with Crippen LogP contribution in [0.3, 0.4) is 0 Å². The monoisotopic (exact) mass is 684 g/mol. The molecule has 0 fully saturated rings. The maximum atomic E-state index is 6.25. The van der Waals surface area contributed by atoms with E-state index in [1.165, 1.54) is 77.8 Å². The van der Waals surface area contributed by atoms with Gasteiger partial charge in [-0.05, 0) is 140 Å². The quantitative estimate of drug-likeness (QED) is 0.185. The summed E-state index contributed by atoms with van der Waals surface area (Å²) in [6, 6.07) is 36.1. The van der Waals surface area contributed by atoms with E-state index in [1.807, 2.05) is 6.07 Å². The summed E-state index contributed by atoms with van der Waals surface area (Å²) in [6.45, 7) is 0. The summed E-state index contributed by atoms with van der Waals surface area (Å²) < 4.78 is 17.4. The van der Waals surface area contributed by atoms with Crippen molar-refractivity contribution in [3.05, 3.63) is 160 Å². The Morgan fingerprint density at radius 1 is 0.453 bits per heavy atom. The fraction of sp³-hybridized carbons (Fsp3) is 0.143. The van der Waals surface area contributed by atoms with Crippen molar-refractivity contribution in [3.8, 4) is 11.4 Å². The summed E-state index contributed by atoms with van der Waals surface area (Å²) in [5, 5.41) is 6.26. The second kappa shape index (κ2) is 11.1. The van der Waals surface area contributed by atoms with Crippen molar-refractivity contribution in [2.75, 3.05) is 0 Å². The van der Waals surface area contributed by atoms with Crippen LogP contribution >= 0.6 is 0 Å². The highest BCUT2D eigenvalue weighted by Crippen LogP contribution is 2.40. The highest BCUT2D eigenvalue weighted by atomic mass is 16.3. The molecule has 254 valence electrons. The molecule has 0 aliphatic heterocycles. The lowest BCUT2D eigenvalue weighted by Crippen LogP contribution is -2.01. The summed E-state index contributed by atoms with van der Waals surface area (Å²) in [4.78, 5) is 0. The molecule has 0 N–H and O–H groups in total. The number of para-hydroxylation sites is 1. The average molecular weight is 685 g/mol. The van der Waals surface area contributed by atoms with E-state index in [4.69, 9.17) is 8.83 Å². The molecule has 4 heteroatoms. The summed E-state index contributed by atoms with van der Waals surface area (Å²) in [7, 11) is 0. The van der Waals surface area contributed by atoms with Crippen LogP contribution in [0.15, 0.2) is 124 Å². The predicted molar refractivity (Wildman–Crippen MR) is 218 cm³/mol. The van der Waals surface area contributed by atoms with Crippen molar-refractivity contribution in [1.82, 2.24) is 9.13 Å². The number of benzene rings is 5. The van der Waals surface area contributed by atoms with E-state index in [9.17, 15) is 0 Å². The van der Waals surface area contributed by atoms with Crippen molar-refractivity contribution in [2.45, 2.75) is 44.9 Å². The molecule has 4 aromatic heterocycles. The van der Waals surface area contributed by atoms with Gasteiger partial charge in [0.2, 0.25) is 0 Å². The molecule has 3 aliphatic carbocycles. The SMILES string of the molecule is C1=Cc2oc3ccc(-n4c5c(c6ccc(Cc7ccc8c9c(n(-c%10ccc%11oc%12ccccc%12c%11c%10)c8c7)C=CCC9)cc64)CCC=C5)cc3c2CC1. The van der Waals surface area contributed by atoms with Gasteiger partial charge in [0.25, 0.3) is 0 Å². The summed E-state index contributed by atoms with van der Waals surface area (Å²) in [5.41, 5.74) is 17.2. The van der Waals surface area contributed by atoms with Gasteiger partial charge in [-0.1, -0.05) is 60.7 Å². The maximum Gasteiger partial charge on any atom is 0.135 e. The Hall–Kier alpha value is -6.26. The van der Waals surface area contributed by atoms with E-state index in [2.05, 4.69) is 137 Å². The predicted octanol–water partition coefficient (Wildman–Crippen LogP) is 12.7. The third kappa shape index (κ3) is 4.36. The van der Waals surface area contributed by atoms with Gasteiger partial charge in [0.05, 0.1) is 11.0 Å². The van der Waals surface area contributed by atoms with E-state index < -0.39 is 0 Å². The minimum absolute atomic E-state index is 0.856. The lowest BCUT2D eigenvalue weighted by molar-refractivity contribution is 0.595. The van der Waals surface area contributed by atoms with Gasteiger partial charge in [-0.15, -0.1) is 0 Å². The van der Waals surface area contributed by atoms with Crippen molar-refractivity contribution in [3.63, 3.8) is 0 Å². The molecule has 4 nitrogen and oxygen atoms in total. The second-order valence-electron chi connectivity index (χ2n) is 15.0. The van der Waals surface area contributed by atoms with Crippen LogP contribution < -0.4 is 0 Å². The van der Waals surface area contributed by atoms with Gasteiger partial charge < -0.3 is 18.0 Å². The third-order valence-electron chi connectivity index (χ3n) is 12.0. The average Bonchev–Trinajstić information content (AvgIpc) is 3.94. The van der Waals surface area contributed by atoms with Crippen molar-refractivity contribution >= 4 is 72.9 Å². The smallest absolute Gasteiger partial charge is 0.135 e. The molecule has 0 atom stereocenters. The topological polar surface area (TPSA) is 36.1 Å². The first-order valence-corrected chi connectivity index (χ1v) is 19.0. The highest BCUT2D eigenvalue weighted by Gasteiger charge is 2.23. The standard InChI is InChI=1S/C49H36N2O2/c1-5-13-42-34(9-1)36-21-17-30(26-44(36)50(42)32-19-23-48-40(28-32)38-11-3-7-15-46(38)52-48)25-31-18-22-37-35-10-2-6-14-43(35)51(45(37)27-31)33-20-24-49-41(29-33)39-12-4-8-16-47(39)53-49/h3,5-8,11,13-24,26-29H,1-2,4,9-10,12,25H2. The Bertz CT molecular complexity index is 3100. The number of hydrogen-bond donors (Lipinski definition) is 0. The number of rotatable bonds is 4. The van der Waals surface area contributed by atoms with E-state index in [0.29, 0.717) is 0 Å². The van der Waals surface area contributed by atoms with Crippen LogP contribution in [0.5, 0.6) is 0 Å². The molecule has 5 aromatic carbocycles. The Balaban J connectivity index is 0.991. The van der Waals surface area contributed by atoms with E-state index in [0.717, 1.165) is 78.2 Å². The van der Waals surface area contributed by atoms with Crippen LogP contribution in [0.25, 0.3) is 84.3 Å². The molecule has 0 bridgehead atoms. The van der Waals surface area contributed by atoms with Crippen LogP contribution in [0.2, 0.25) is 0 Å². The van der Waals surface area contributed by atoms with Crippen LogP contribution in [-0.4, -0.2) is 9.13 Å². The van der Waals surface area contributed by atoms with E-state index >= 15 is 0 Å². The fourth-order valence-electron chi connectivity index (χ4n) is 9.53. The normalized spacial score (nSPS) is 14.9. The molecule has 0 amide bonds. The van der Waals surface area contributed by atoms with Gasteiger partial charge in [0.15, 0.2) is 0 Å². The van der Waals surface area contributed by atoms with Crippen molar-refractivity contribution < 1.29 is 8.83 Å². The molecular weight excluding hydrogens is 649 g/mol. The van der Waals surface area contributed by atoms with Crippen molar-refractivity contribution in [1.29, 1.82) is 0 Å². The van der Waals surface area contributed by atoms with Gasteiger partial charge in [0.1, 0.15) is 22.5 Å². The van der Waals surface area contributed by atoms with Crippen LogP contribution in [0, 0.1) is 0 Å². The Labute approximate surface area is 306 Å². The highest BCUT2D eigenvalue weighted by molar-refractivity contribution is 6.06. The minimum Gasteiger partial charge on any atom is -0.456 e. The first-order valence-electron chi connectivity index (χ1n) is 19.0. The van der Waals surface area contributed by atoms with E-state index in [1.54, 1.807) is 0 Å². The summed E-state index contributed by atoms with van der Waals surface area (Å²) in [6.07, 6.45) is 20.9. The maximum absolute atomic E-state index is 6.25. The first-order chi connectivity index (χ1) is 26.2. The molecule has 0 unspecified atom stereocenters. The molecule has 4 heterocycles. The van der Waals surface area contributed by atoms with Crippen LogP contribution in [0.4, 0.5) is 0 Å². The molecule has 0 saturated carbocycles. The summed E-state index contributed by atoms with van der Waals surface area (Å²) >= 11 is 0. The molecule has 0 saturated heterocycles. The zero-order chi connectivity index (χ0) is 34.6. The lowest BCUT2D eigenvalue weighted by atomic mass is 9.97. The van der Waals surface area contributed by atoms with Crippen molar-refractivity contribution in [2.24, 2.45) is 0 Å². The van der Waals surface area contributed by atoms with Gasteiger partial charge in [-0.25, -0.2) is 0 Å². The number of hydrogen-bond acceptors (Lipinski definition) is 2. The minimum atomic E-state index is 0.856. The third-order valence-corrected chi connectivity index (χ3v) is 12.0. The zero-order valence-electron chi connectivity index (χ0n) is 29.4. The molecule has 53 heavy (non-hydrogen) atoms. The zero-order valence-corrected chi connectivity index (χ0v) is 29.4. The van der Waals surface area contributed by atoms with Crippen LogP contribution in [0.1, 0.15) is 64.2 Å². The van der Waals surface area contributed by atoms with Gasteiger partial charge in [0, 0.05) is 55.3 Å². The molecule has 9 aromatic rings. The van der Waals surface area contributed by atoms with Crippen LogP contribution in [-0.2, 0) is 25.7 Å². The number of fused-ring (bicyclic) bond motifs is 12. The number of furan rings is 2. The number of aryl methyl sites for hydroxylation is 3. The Kier molecular flexibility index (Phi) is 6.15. The summed E-state index contributed by atoms with van der Waals surface area (Å²) in [5.74, 6) is 1.01. The Morgan fingerprint density at radius 3 is 1.70 bits per heavy atom. The number of aromatic nitrogens is 2. The molecule has 0 radical (unpaired) electrons. The van der Waals surface area contributed by atoms with Gasteiger partial charge in [-0.2, -0.15) is 0 Å². The number of allylic oxidation sites excluding steroid dienone is 3. The van der Waals surface area contributed by atoms with E-state index in [-0.39, 0.29) is 0 Å². The first kappa shape index (κ1) is 29.3.